The summed E-state index contributed by atoms with van der Waals surface area (Å²) in [5, 5.41) is 2.46. The van der Waals surface area contributed by atoms with Crippen LogP contribution in [0.4, 0.5) is 0 Å². The normalized spacial score (nSPS) is 11.0. The van der Waals surface area contributed by atoms with Crippen LogP contribution in [0.1, 0.15) is 5.82 Å². The van der Waals surface area contributed by atoms with Crippen LogP contribution in [0.2, 0.25) is 0 Å². The number of nitrogens with zero attached hydrogens (tertiary/aromatic N) is 3. The molecule has 5 aromatic carbocycles. The lowest BCUT2D eigenvalue weighted by Crippen LogP contribution is -1.99. The fourth-order valence-corrected chi connectivity index (χ4v) is 4.49. The maximum atomic E-state index is 4.85. The molecule has 0 aliphatic heterocycles. The lowest BCUT2D eigenvalue weighted by Gasteiger charge is -2.10. The molecule has 0 N–H and O–H groups in total. The molecule has 0 saturated carbocycles. The van der Waals surface area contributed by atoms with Crippen molar-refractivity contribution in [2.24, 2.45) is 0 Å². The van der Waals surface area contributed by atoms with Gasteiger partial charge in [0.2, 0.25) is 0 Å². The Balaban J connectivity index is 1.38. The smallest absolute Gasteiger partial charge is 0.163 e. The Morgan fingerprint density at radius 2 is 1.00 bits per heavy atom. The first kappa shape index (κ1) is 20.9. The summed E-state index contributed by atoms with van der Waals surface area (Å²) in [4.78, 5) is 14.2. The average molecular weight is 450 g/mol. The van der Waals surface area contributed by atoms with E-state index in [-0.39, 0.29) is 0 Å². The molecule has 0 aliphatic rings. The molecule has 0 unspecified atom stereocenters. The van der Waals surface area contributed by atoms with Gasteiger partial charge >= 0.3 is 0 Å². The van der Waals surface area contributed by atoms with Crippen LogP contribution >= 0.6 is 0 Å². The van der Waals surface area contributed by atoms with Gasteiger partial charge in [0.1, 0.15) is 5.82 Å². The highest BCUT2D eigenvalue weighted by atomic mass is 15.0. The van der Waals surface area contributed by atoms with Crippen LogP contribution in [-0.2, 0) is 0 Å². The quantitative estimate of drug-likeness (QED) is 0.274. The van der Waals surface area contributed by atoms with E-state index < -0.39 is 0 Å². The second-order valence-corrected chi connectivity index (χ2v) is 8.58. The van der Waals surface area contributed by atoms with E-state index in [4.69, 9.17) is 4.98 Å². The summed E-state index contributed by atoms with van der Waals surface area (Å²) in [6.45, 7) is 1.92. The topological polar surface area (TPSA) is 38.7 Å². The van der Waals surface area contributed by atoms with Crippen molar-refractivity contribution in [2.75, 3.05) is 0 Å². The molecule has 1 aromatic heterocycles. The average Bonchev–Trinajstić information content (AvgIpc) is 2.93. The van der Waals surface area contributed by atoms with Crippen molar-refractivity contribution < 1.29 is 0 Å². The minimum Gasteiger partial charge on any atom is -0.213 e. The third kappa shape index (κ3) is 4.20. The van der Waals surface area contributed by atoms with E-state index in [1.807, 2.05) is 13.0 Å². The summed E-state index contributed by atoms with van der Waals surface area (Å²) >= 11 is 0. The summed E-state index contributed by atoms with van der Waals surface area (Å²) in [6, 6.07) is 42.1. The number of benzene rings is 5. The summed E-state index contributed by atoms with van der Waals surface area (Å²) in [5.74, 6) is 2.07. The molecule has 0 atom stereocenters. The van der Waals surface area contributed by atoms with E-state index in [9.17, 15) is 0 Å². The van der Waals surface area contributed by atoms with Crippen LogP contribution in [0.25, 0.3) is 55.8 Å². The number of fused-ring (bicyclic) bond motifs is 1. The molecule has 0 radical (unpaired) electrons. The molecule has 0 saturated heterocycles. The lowest BCUT2D eigenvalue weighted by molar-refractivity contribution is 0.992. The number of hydrogen-bond acceptors (Lipinski definition) is 3. The van der Waals surface area contributed by atoms with E-state index in [0.29, 0.717) is 17.5 Å². The van der Waals surface area contributed by atoms with Gasteiger partial charge < -0.3 is 0 Å². The molecule has 35 heavy (non-hydrogen) atoms. The first-order valence-corrected chi connectivity index (χ1v) is 11.7. The fourth-order valence-electron chi connectivity index (χ4n) is 4.49. The zero-order chi connectivity index (χ0) is 23.6. The van der Waals surface area contributed by atoms with Crippen molar-refractivity contribution in [1.82, 2.24) is 15.0 Å². The number of rotatable bonds is 4. The minimum absolute atomic E-state index is 0.682. The van der Waals surface area contributed by atoms with Gasteiger partial charge in [0.15, 0.2) is 11.6 Å². The van der Waals surface area contributed by atoms with E-state index in [0.717, 1.165) is 16.7 Å². The number of aryl methyl sites for hydroxylation is 1. The van der Waals surface area contributed by atoms with Gasteiger partial charge in [-0.15, -0.1) is 0 Å². The van der Waals surface area contributed by atoms with Crippen molar-refractivity contribution in [3.63, 3.8) is 0 Å². The van der Waals surface area contributed by atoms with Gasteiger partial charge in [0.05, 0.1) is 0 Å². The van der Waals surface area contributed by atoms with Crippen LogP contribution in [0.5, 0.6) is 0 Å². The largest absolute Gasteiger partial charge is 0.213 e. The molecule has 0 amide bonds. The molecule has 1 heterocycles. The third-order valence-corrected chi connectivity index (χ3v) is 6.22. The molecule has 6 rings (SSSR count). The Morgan fingerprint density at radius 1 is 0.429 bits per heavy atom. The van der Waals surface area contributed by atoms with Crippen molar-refractivity contribution >= 4 is 10.8 Å². The van der Waals surface area contributed by atoms with Gasteiger partial charge in [0, 0.05) is 11.1 Å². The van der Waals surface area contributed by atoms with Crippen LogP contribution < -0.4 is 0 Å². The van der Waals surface area contributed by atoms with Crippen LogP contribution in [0.3, 0.4) is 0 Å². The van der Waals surface area contributed by atoms with E-state index in [1.165, 1.54) is 27.5 Å². The SMILES string of the molecule is Cc1nc(-c2ccc(-c3ccccc3)cc2)nc(-c2cccc(-c3cccc4ccccc34)c2)n1. The van der Waals surface area contributed by atoms with Gasteiger partial charge in [0.25, 0.3) is 0 Å². The van der Waals surface area contributed by atoms with E-state index in [2.05, 4.69) is 125 Å². The Labute approximate surface area is 204 Å². The molecule has 6 aromatic rings. The Kier molecular flexibility index (Phi) is 5.36. The summed E-state index contributed by atoms with van der Waals surface area (Å²) in [6.07, 6.45) is 0. The molecule has 3 nitrogen and oxygen atoms in total. The van der Waals surface area contributed by atoms with E-state index >= 15 is 0 Å². The molecule has 3 heteroatoms. The summed E-state index contributed by atoms with van der Waals surface area (Å²) < 4.78 is 0. The third-order valence-electron chi connectivity index (χ3n) is 6.22. The highest BCUT2D eigenvalue weighted by Gasteiger charge is 2.11. The zero-order valence-corrected chi connectivity index (χ0v) is 19.4. The first-order valence-electron chi connectivity index (χ1n) is 11.7. The predicted molar refractivity (Wildman–Crippen MR) is 144 cm³/mol. The zero-order valence-electron chi connectivity index (χ0n) is 19.4. The Morgan fingerprint density at radius 3 is 1.83 bits per heavy atom. The van der Waals surface area contributed by atoms with Crippen molar-refractivity contribution in [1.29, 1.82) is 0 Å². The van der Waals surface area contributed by atoms with Gasteiger partial charge in [-0.3, -0.25) is 0 Å². The Hall–Kier alpha value is -4.63. The Bertz CT molecular complexity index is 1630. The molecule has 0 aliphatic carbocycles. The molecule has 0 fully saturated rings. The minimum atomic E-state index is 0.682. The number of aromatic nitrogens is 3. The van der Waals surface area contributed by atoms with Gasteiger partial charge in [-0.05, 0) is 46.0 Å². The van der Waals surface area contributed by atoms with Gasteiger partial charge in [-0.2, -0.15) is 0 Å². The lowest BCUT2D eigenvalue weighted by atomic mass is 9.97. The predicted octanol–water partition coefficient (Wildman–Crippen LogP) is 8.00. The molecule has 0 spiro atoms. The monoisotopic (exact) mass is 449 g/mol. The second-order valence-electron chi connectivity index (χ2n) is 8.58. The van der Waals surface area contributed by atoms with E-state index in [1.54, 1.807) is 0 Å². The maximum absolute atomic E-state index is 4.85. The van der Waals surface area contributed by atoms with Crippen molar-refractivity contribution in [3.05, 3.63) is 127 Å². The van der Waals surface area contributed by atoms with Crippen molar-refractivity contribution in [2.45, 2.75) is 6.92 Å². The van der Waals surface area contributed by atoms with Gasteiger partial charge in [-0.1, -0.05) is 115 Å². The van der Waals surface area contributed by atoms with Crippen LogP contribution in [-0.4, -0.2) is 15.0 Å². The standard InChI is InChI=1S/C32H23N3/c1-22-33-31(26-19-17-24(18-20-26)23-9-3-2-4-10-23)35-32(34-22)28-14-7-13-27(21-28)30-16-8-12-25-11-5-6-15-29(25)30/h2-21H,1H3. The summed E-state index contributed by atoms with van der Waals surface area (Å²) in [7, 11) is 0. The molecular formula is C32H23N3. The highest BCUT2D eigenvalue weighted by Crippen LogP contribution is 2.31. The van der Waals surface area contributed by atoms with Crippen LogP contribution in [0.15, 0.2) is 121 Å². The summed E-state index contributed by atoms with van der Waals surface area (Å²) in [5.41, 5.74) is 6.66. The molecule has 0 bridgehead atoms. The molecule has 166 valence electrons. The molecular weight excluding hydrogens is 426 g/mol. The van der Waals surface area contributed by atoms with Crippen LogP contribution in [0, 0.1) is 6.92 Å². The maximum Gasteiger partial charge on any atom is 0.163 e. The van der Waals surface area contributed by atoms with Crippen molar-refractivity contribution in [3.8, 4) is 45.0 Å². The fraction of sp³-hybridized carbons (Fsp3) is 0.0312. The number of hydrogen-bond donors (Lipinski definition) is 0. The second kappa shape index (κ2) is 8.96. The highest BCUT2D eigenvalue weighted by molar-refractivity contribution is 5.97. The van der Waals surface area contributed by atoms with Gasteiger partial charge in [-0.25, -0.2) is 15.0 Å². The first-order chi connectivity index (χ1) is 17.2.